The molecule has 1 aliphatic heterocycles. The van der Waals surface area contributed by atoms with Crippen LogP contribution in [0.4, 0.5) is 5.69 Å². The molecule has 0 fully saturated rings. The average Bonchev–Trinajstić information content (AvgIpc) is 2.90. The van der Waals surface area contributed by atoms with Crippen molar-refractivity contribution in [3.05, 3.63) is 59.9 Å². The molecule has 0 radical (unpaired) electrons. The van der Waals surface area contributed by atoms with E-state index in [-0.39, 0.29) is 41.4 Å². The number of primary amides is 2. The van der Waals surface area contributed by atoms with Crippen LogP contribution in [0.3, 0.4) is 0 Å². The molecule has 0 unspecified atom stereocenters. The van der Waals surface area contributed by atoms with E-state index in [1.54, 1.807) is 12.1 Å². The molecule has 1 heterocycles. The third-order valence-electron chi connectivity index (χ3n) is 4.25. The number of nitrogens with one attached hydrogen (secondary N) is 1. The molecular weight excluding hydrogens is 592 g/mol. The van der Waals surface area contributed by atoms with E-state index >= 15 is 0 Å². The molecule has 0 saturated heterocycles. The Bertz CT molecular complexity index is 1090. The number of carbonyl (C=O) groups is 5. The predicted octanol–water partition coefficient (Wildman–Crippen LogP) is 2.41. The van der Waals surface area contributed by atoms with Gasteiger partial charge in [0.1, 0.15) is 6.54 Å². The Balaban J connectivity index is 1.95. The molecule has 30 heavy (non-hydrogen) atoms. The van der Waals surface area contributed by atoms with Gasteiger partial charge in [0.15, 0.2) is 0 Å². The SMILES string of the molecule is NC(=O)c1c(Br)c(NC(=O)CN2C(=O)c3ccccc3C2=O)c(Br)c(C(N)=O)c1Br. The summed E-state index contributed by atoms with van der Waals surface area (Å²) < 4.78 is 0.198. The first-order valence-corrected chi connectivity index (χ1v) is 10.5. The monoisotopic (exact) mass is 600 g/mol. The van der Waals surface area contributed by atoms with Gasteiger partial charge in [-0.05, 0) is 59.9 Å². The number of anilines is 1. The fourth-order valence-electron chi connectivity index (χ4n) is 2.91. The maximum Gasteiger partial charge on any atom is 0.262 e. The standard InChI is InChI=1S/C18H11Br3N4O5/c19-11-9(15(22)27)12(20)14(13(21)10(11)16(23)28)24-8(26)5-25-17(29)6-3-1-2-4-7(6)18(25)30/h1-4H,5H2,(H2,22,27)(H2,23,28)(H,24,26). The Morgan fingerprint density at radius 3 is 1.67 bits per heavy atom. The quantitative estimate of drug-likeness (QED) is 0.449. The highest BCUT2D eigenvalue weighted by Gasteiger charge is 2.36. The lowest BCUT2D eigenvalue weighted by Gasteiger charge is -2.18. The third-order valence-corrected chi connectivity index (χ3v) is 6.63. The number of carbonyl (C=O) groups excluding carboxylic acids is 5. The molecule has 1 aliphatic rings. The normalized spacial score (nSPS) is 12.7. The van der Waals surface area contributed by atoms with Gasteiger partial charge >= 0.3 is 0 Å². The smallest absolute Gasteiger partial charge is 0.262 e. The van der Waals surface area contributed by atoms with Crippen molar-refractivity contribution in [3.63, 3.8) is 0 Å². The molecule has 5 N–H and O–H groups in total. The highest BCUT2D eigenvalue weighted by atomic mass is 79.9. The molecule has 2 aromatic carbocycles. The van der Waals surface area contributed by atoms with Crippen molar-refractivity contribution in [2.24, 2.45) is 11.5 Å². The van der Waals surface area contributed by atoms with E-state index in [9.17, 15) is 24.0 Å². The number of rotatable bonds is 5. The van der Waals surface area contributed by atoms with Gasteiger partial charge in [-0.3, -0.25) is 28.9 Å². The maximum absolute atomic E-state index is 12.6. The fraction of sp³-hybridized carbons (Fsp3) is 0.0556. The van der Waals surface area contributed by atoms with Crippen LogP contribution in [0.2, 0.25) is 0 Å². The zero-order valence-corrected chi connectivity index (χ0v) is 19.6. The van der Waals surface area contributed by atoms with Crippen LogP contribution >= 0.6 is 47.8 Å². The molecule has 12 heteroatoms. The minimum absolute atomic E-state index is 0.0117. The van der Waals surface area contributed by atoms with E-state index in [0.29, 0.717) is 0 Å². The summed E-state index contributed by atoms with van der Waals surface area (Å²) in [5.41, 5.74) is 10.9. The first kappa shape index (κ1) is 22.1. The molecule has 0 bridgehead atoms. The van der Waals surface area contributed by atoms with E-state index in [0.717, 1.165) is 4.90 Å². The maximum atomic E-state index is 12.6. The van der Waals surface area contributed by atoms with Crippen molar-refractivity contribution in [2.75, 3.05) is 11.9 Å². The number of hydrogen-bond donors (Lipinski definition) is 3. The van der Waals surface area contributed by atoms with E-state index in [1.807, 2.05) is 0 Å². The molecule has 0 aromatic heterocycles. The van der Waals surface area contributed by atoms with Crippen LogP contribution < -0.4 is 16.8 Å². The van der Waals surface area contributed by atoms with Crippen molar-refractivity contribution in [2.45, 2.75) is 0 Å². The summed E-state index contributed by atoms with van der Waals surface area (Å²) in [4.78, 5) is 62.0. The molecule has 2 aromatic rings. The van der Waals surface area contributed by atoms with Gasteiger partial charge in [-0.25, -0.2) is 0 Å². The lowest BCUT2D eigenvalue weighted by Crippen LogP contribution is -2.37. The van der Waals surface area contributed by atoms with E-state index in [1.165, 1.54) is 12.1 Å². The first-order chi connectivity index (χ1) is 14.1. The Kier molecular flexibility index (Phi) is 6.11. The largest absolute Gasteiger partial charge is 0.366 e. The molecular formula is C18H11Br3N4O5. The first-order valence-electron chi connectivity index (χ1n) is 8.11. The number of nitrogens with two attached hydrogens (primary N) is 2. The Morgan fingerprint density at radius 1 is 0.833 bits per heavy atom. The summed E-state index contributed by atoms with van der Waals surface area (Å²) in [6, 6.07) is 6.21. The number of nitrogens with zero attached hydrogens (tertiary/aromatic N) is 1. The number of halogens is 3. The summed E-state index contributed by atoms with van der Waals surface area (Å²) >= 11 is 9.48. The van der Waals surface area contributed by atoms with Crippen LogP contribution in [0.5, 0.6) is 0 Å². The van der Waals surface area contributed by atoms with Gasteiger partial charge in [0.05, 0.1) is 36.9 Å². The highest BCUT2D eigenvalue weighted by Crippen LogP contribution is 2.42. The van der Waals surface area contributed by atoms with E-state index in [4.69, 9.17) is 11.5 Å². The van der Waals surface area contributed by atoms with Crippen molar-refractivity contribution >= 4 is 83.0 Å². The molecule has 3 rings (SSSR count). The van der Waals surface area contributed by atoms with Gasteiger partial charge in [-0.1, -0.05) is 12.1 Å². The average molecular weight is 603 g/mol. The minimum atomic E-state index is -0.889. The highest BCUT2D eigenvalue weighted by molar-refractivity contribution is 9.11. The van der Waals surface area contributed by atoms with Crippen LogP contribution in [0.25, 0.3) is 0 Å². The fourth-order valence-corrected chi connectivity index (χ4v) is 5.88. The van der Waals surface area contributed by atoms with Crippen molar-refractivity contribution < 1.29 is 24.0 Å². The Morgan fingerprint density at radius 2 is 1.27 bits per heavy atom. The van der Waals surface area contributed by atoms with Crippen LogP contribution in [0, 0.1) is 0 Å². The molecule has 0 saturated carbocycles. The summed E-state index contributed by atoms with van der Waals surface area (Å²) in [5, 5.41) is 2.48. The predicted molar refractivity (Wildman–Crippen MR) is 117 cm³/mol. The minimum Gasteiger partial charge on any atom is -0.366 e. The second kappa shape index (κ2) is 8.28. The second-order valence-electron chi connectivity index (χ2n) is 6.09. The topological polar surface area (TPSA) is 153 Å². The number of benzene rings is 2. The summed E-state index contributed by atoms with van der Waals surface area (Å²) in [6.45, 7) is -0.584. The van der Waals surface area contributed by atoms with Gasteiger partial charge in [0, 0.05) is 4.47 Å². The molecule has 9 nitrogen and oxygen atoms in total. The van der Waals surface area contributed by atoms with Crippen molar-refractivity contribution in [1.82, 2.24) is 4.90 Å². The Labute approximate surface area is 194 Å². The zero-order chi connectivity index (χ0) is 22.3. The van der Waals surface area contributed by atoms with Crippen LogP contribution in [0.15, 0.2) is 37.7 Å². The van der Waals surface area contributed by atoms with Crippen molar-refractivity contribution in [1.29, 1.82) is 0 Å². The number of imide groups is 1. The van der Waals surface area contributed by atoms with E-state index < -0.39 is 36.1 Å². The number of amides is 5. The molecule has 0 aliphatic carbocycles. The lowest BCUT2D eigenvalue weighted by atomic mass is 10.1. The molecule has 154 valence electrons. The second-order valence-corrected chi connectivity index (χ2v) is 8.46. The zero-order valence-electron chi connectivity index (χ0n) is 14.8. The molecule has 5 amide bonds. The van der Waals surface area contributed by atoms with Gasteiger partial charge in [-0.2, -0.15) is 0 Å². The summed E-state index contributed by atoms with van der Waals surface area (Å²) in [7, 11) is 0. The summed E-state index contributed by atoms with van der Waals surface area (Å²) in [6.07, 6.45) is 0. The lowest BCUT2D eigenvalue weighted by molar-refractivity contribution is -0.116. The van der Waals surface area contributed by atoms with E-state index in [2.05, 4.69) is 53.1 Å². The number of hydrogen-bond acceptors (Lipinski definition) is 5. The number of fused-ring (bicyclic) bond motifs is 1. The molecule has 0 spiro atoms. The van der Waals surface area contributed by atoms with Crippen LogP contribution in [-0.4, -0.2) is 41.0 Å². The van der Waals surface area contributed by atoms with Crippen molar-refractivity contribution in [3.8, 4) is 0 Å². The van der Waals surface area contributed by atoms with Gasteiger partial charge < -0.3 is 16.8 Å². The summed E-state index contributed by atoms with van der Waals surface area (Å²) in [5.74, 6) is -3.73. The third kappa shape index (κ3) is 3.66. The van der Waals surface area contributed by atoms with Gasteiger partial charge in [-0.15, -0.1) is 0 Å². The van der Waals surface area contributed by atoms with Crippen LogP contribution in [0.1, 0.15) is 41.4 Å². The Hall–Kier alpha value is -2.57. The van der Waals surface area contributed by atoms with Gasteiger partial charge in [0.25, 0.3) is 23.6 Å². The van der Waals surface area contributed by atoms with Gasteiger partial charge in [0.2, 0.25) is 5.91 Å². The van der Waals surface area contributed by atoms with Crippen LogP contribution in [-0.2, 0) is 4.79 Å². The molecule has 0 atom stereocenters.